The molecule has 1 aliphatic heterocycles. The molecular formula is C8H15N3O3. The normalized spacial score (nSPS) is 16.4. The van der Waals surface area contributed by atoms with Gasteiger partial charge in [0.2, 0.25) is 0 Å². The third-order valence-corrected chi connectivity index (χ3v) is 2.22. The van der Waals surface area contributed by atoms with E-state index in [1.165, 1.54) is 0 Å². The number of likely N-dealkylation sites (tertiary alicyclic amines) is 1. The molecular weight excluding hydrogens is 186 g/mol. The Kier molecular flexibility index (Phi) is 3.70. The van der Waals surface area contributed by atoms with Crippen LogP contribution in [0.4, 0.5) is 4.79 Å². The first-order valence-electron chi connectivity index (χ1n) is 4.56. The van der Waals surface area contributed by atoms with Crippen molar-refractivity contribution in [3.8, 4) is 0 Å². The minimum absolute atomic E-state index is 0.131. The maximum Gasteiger partial charge on any atom is 0.314 e. The molecule has 0 aliphatic carbocycles. The summed E-state index contributed by atoms with van der Waals surface area (Å²) in [5, 5.41) is 11.4. The predicted octanol–water partition coefficient (Wildman–Crippen LogP) is -0.939. The molecule has 0 aromatic carbocycles. The lowest BCUT2D eigenvalue weighted by Crippen LogP contribution is -2.55. The first-order valence-corrected chi connectivity index (χ1v) is 4.56. The van der Waals surface area contributed by atoms with E-state index in [-0.39, 0.29) is 12.5 Å². The Bertz CT molecular complexity index is 226. The van der Waals surface area contributed by atoms with Crippen LogP contribution >= 0.6 is 0 Å². The number of carboxylic acid groups (broad SMARTS) is 1. The van der Waals surface area contributed by atoms with Gasteiger partial charge < -0.3 is 21.1 Å². The van der Waals surface area contributed by atoms with E-state index >= 15 is 0 Å². The first kappa shape index (κ1) is 10.8. The standard InChI is InChI=1S/C8H15N3O3/c9-8(14)11-4-6(5-11)3-10-2-1-7(12)13/h6,10H,1-5H2,(H2,9,14)(H,12,13). The van der Waals surface area contributed by atoms with Crippen molar-refractivity contribution in [3.05, 3.63) is 0 Å². The van der Waals surface area contributed by atoms with Crippen LogP contribution in [0.3, 0.4) is 0 Å². The number of nitrogens with two attached hydrogens (primary N) is 1. The van der Waals surface area contributed by atoms with E-state index in [0.29, 0.717) is 25.6 Å². The van der Waals surface area contributed by atoms with E-state index in [1.54, 1.807) is 4.90 Å². The molecule has 1 fully saturated rings. The first-order chi connectivity index (χ1) is 6.59. The Morgan fingerprint density at radius 2 is 2.14 bits per heavy atom. The van der Waals surface area contributed by atoms with Crippen LogP contribution in [0.2, 0.25) is 0 Å². The number of urea groups is 1. The lowest BCUT2D eigenvalue weighted by atomic mass is 10.0. The van der Waals surface area contributed by atoms with Gasteiger partial charge in [0.1, 0.15) is 0 Å². The minimum atomic E-state index is -0.801. The maximum absolute atomic E-state index is 10.6. The second kappa shape index (κ2) is 4.80. The van der Waals surface area contributed by atoms with Crippen LogP contribution in [0.5, 0.6) is 0 Å². The molecule has 0 aromatic heterocycles. The molecule has 0 aromatic rings. The Balaban J connectivity index is 1.96. The van der Waals surface area contributed by atoms with Gasteiger partial charge in [0, 0.05) is 32.1 Å². The van der Waals surface area contributed by atoms with E-state index in [2.05, 4.69) is 5.32 Å². The predicted molar refractivity (Wildman–Crippen MR) is 49.8 cm³/mol. The van der Waals surface area contributed by atoms with Crippen molar-refractivity contribution in [1.82, 2.24) is 10.2 Å². The molecule has 6 nitrogen and oxygen atoms in total. The van der Waals surface area contributed by atoms with Gasteiger partial charge in [-0.05, 0) is 0 Å². The molecule has 0 spiro atoms. The van der Waals surface area contributed by atoms with Crippen LogP contribution in [-0.2, 0) is 4.79 Å². The lowest BCUT2D eigenvalue weighted by Gasteiger charge is -2.38. The summed E-state index contributed by atoms with van der Waals surface area (Å²) in [5.41, 5.74) is 5.04. The molecule has 14 heavy (non-hydrogen) atoms. The molecule has 0 atom stereocenters. The van der Waals surface area contributed by atoms with Gasteiger partial charge in [0.15, 0.2) is 0 Å². The van der Waals surface area contributed by atoms with Gasteiger partial charge in [-0.1, -0.05) is 0 Å². The number of primary amides is 1. The second-order valence-corrected chi connectivity index (χ2v) is 3.46. The van der Waals surface area contributed by atoms with Crippen molar-refractivity contribution in [2.75, 3.05) is 26.2 Å². The number of aliphatic carboxylic acids is 1. The zero-order valence-corrected chi connectivity index (χ0v) is 7.90. The zero-order chi connectivity index (χ0) is 10.6. The molecule has 1 aliphatic rings. The number of carbonyl (C=O) groups is 2. The van der Waals surface area contributed by atoms with Crippen LogP contribution in [-0.4, -0.2) is 48.2 Å². The summed E-state index contributed by atoms with van der Waals surface area (Å²) in [6.07, 6.45) is 0.131. The van der Waals surface area contributed by atoms with Crippen LogP contribution in [0.15, 0.2) is 0 Å². The summed E-state index contributed by atoms with van der Waals surface area (Å²) in [5.74, 6) is -0.388. The van der Waals surface area contributed by atoms with Crippen molar-refractivity contribution in [3.63, 3.8) is 0 Å². The van der Waals surface area contributed by atoms with Gasteiger partial charge >= 0.3 is 12.0 Å². The molecule has 80 valence electrons. The fourth-order valence-corrected chi connectivity index (χ4v) is 1.38. The number of nitrogens with zero attached hydrogens (tertiary/aromatic N) is 1. The van der Waals surface area contributed by atoms with Gasteiger partial charge in [0.25, 0.3) is 0 Å². The fraction of sp³-hybridized carbons (Fsp3) is 0.750. The lowest BCUT2D eigenvalue weighted by molar-refractivity contribution is -0.136. The molecule has 0 bridgehead atoms. The fourth-order valence-electron chi connectivity index (χ4n) is 1.38. The SMILES string of the molecule is NC(=O)N1CC(CNCCC(=O)O)C1. The third-order valence-electron chi connectivity index (χ3n) is 2.22. The van der Waals surface area contributed by atoms with Crippen molar-refractivity contribution >= 4 is 12.0 Å². The summed E-state index contributed by atoms with van der Waals surface area (Å²) < 4.78 is 0. The minimum Gasteiger partial charge on any atom is -0.481 e. The molecule has 1 heterocycles. The number of hydrogen-bond acceptors (Lipinski definition) is 3. The highest BCUT2D eigenvalue weighted by atomic mass is 16.4. The highest BCUT2D eigenvalue weighted by Crippen LogP contribution is 2.13. The zero-order valence-electron chi connectivity index (χ0n) is 7.90. The number of carboxylic acids is 1. The molecule has 0 saturated carbocycles. The smallest absolute Gasteiger partial charge is 0.314 e. The molecule has 0 unspecified atom stereocenters. The molecule has 1 saturated heterocycles. The Morgan fingerprint density at radius 3 is 2.64 bits per heavy atom. The summed E-state index contributed by atoms with van der Waals surface area (Å²) in [4.78, 5) is 22.3. The Hall–Kier alpha value is -1.30. The summed E-state index contributed by atoms with van der Waals surface area (Å²) >= 11 is 0. The van der Waals surface area contributed by atoms with E-state index in [0.717, 1.165) is 6.54 Å². The molecule has 1 rings (SSSR count). The van der Waals surface area contributed by atoms with Crippen molar-refractivity contribution in [1.29, 1.82) is 0 Å². The summed E-state index contributed by atoms with van der Waals surface area (Å²) in [7, 11) is 0. The quantitative estimate of drug-likeness (QED) is 0.500. The number of amides is 2. The Morgan fingerprint density at radius 1 is 1.50 bits per heavy atom. The number of nitrogens with one attached hydrogen (secondary N) is 1. The molecule has 0 radical (unpaired) electrons. The molecule has 6 heteroatoms. The molecule has 2 amide bonds. The van der Waals surface area contributed by atoms with Crippen LogP contribution < -0.4 is 11.1 Å². The van der Waals surface area contributed by atoms with Crippen LogP contribution in [0, 0.1) is 5.92 Å². The van der Waals surface area contributed by atoms with E-state index in [1.807, 2.05) is 0 Å². The van der Waals surface area contributed by atoms with Gasteiger partial charge in [-0.25, -0.2) is 4.79 Å². The van der Waals surface area contributed by atoms with Gasteiger partial charge in [0.05, 0.1) is 6.42 Å². The van der Waals surface area contributed by atoms with Gasteiger partial charge in [-0.3, -0.25) is 4.79 Å². The summed E-state index contributed by atoms with van der Waals surface area (Å²) in [6, 6.07) is -0.383. The van der Waals surface area contributed by atoms with Gasteiger partial charge in [-0.15, -0.1) is 0 Å². The average molecular weight is 201 g/mol. The van der Waals surface area contributed by atoms with Crippen LogP contribution in [0.1, 0.15) is 6.42 Å². The molecule has 4 N–H and O–H groups in total. The number of carbonyl (C=O) groups excluding carboxylic acids is 1. The van der Waals surface area contributed by atoms with E-state index < -0.39 is 5.97 Å². The summed E-state index contributed by atoms with van der Waals surface area (Å²) in [6.45, 7) is 2.57. The highest BCUT2D eigenvalue weighted by molar-refractivity contribution is 5.72. The number of hydrogen-bond donors (Lipinski definition) is 3. The largest absolute Gasteiger partial charge is 0.481 e. The van der Waals surface area contributed by atoms with Gasteiger partial charge in [-0.2, -0.15) is 0 Å². The van der Waals surface area contributed by atoms with Crippen molar-refractivity contribution in [2.24, 2.45) is 11.7 Å². The average Bonchev–Trinajstić information content (AvgIpc) is 1.98. The maximum atomic E-state index is 10.6. The van der Waals surface area contributed by atoms with E-state index in [4.69, 9.17) is 10.8 Å². The monoisotopic (exact) mass is 201 g/mol. The Labute approximate surface area is 82.1 Å². The van der Waals surface area contributed by atoms with Crippen LogP contribution in [0.25, 0.3) is 0 Å². The van der Waals surface area contributed by atoms with E-state index in [9.17, 15) is 9.59 Å². The highest BCUT2D eigenvalue weighted by Gasteiger charge is 2.28. The topological polar surface area (TPSA) is 95.7 Å². The second-order valence-electron chi connectivity index (χ2n) is 3.46. The van der Waals surface area contributed by atoms with Crippen molar-refractivity contribution < 1.29 is 14.7 Å². The third kappa shape index (κ3) is 3.21. The number of rotatable bonds is 5. The van der Waals surface area contributed by atoms with Crippen molar-refractivity contribution in [2.45, 2.75) is 6.42 Å².